The summed E-state index contributed by atoms with van der Waals surface area (Å²) >= 11 is 0. The van der Waals surface area contributed by atoms with Crippen molar-refractivity contribution >= 4 is 11.2 Å². The molecule has 1 unspecified atom stereocenters. The van der Waals surface area contributed by atoms with Crippen LogP contribution >= 0.6 is 0 Å². The molecule has 3 aromatic rings. The lowest BCUT2D eigenvalue weighted by molar-refractivity contribution is 0.622. The number of H-pyrrole nitrogens is 1. The van der Waals surface area contributed by atoms with Crippen LogP contribution in [0.15, 0.2) is 30.5 Å². The zero-order valence-electron chi connectivity index (χ0n) is 15.3. The van der Waals surface area contributed by atoms with E-state index in [0.29, 0.717) is 11.8 Å². The number of aromatic amines is 1. The quantitative estimate of drug-likeness (QED) is 0.756. The minimum absolute atomic E-state index is 0.431. The van der Waals surface area contributed by atoms with Crippen molar-refractivity contribution < 1.29 is 0 Å². The largest absolute Gasteiger partial charge is 0.341 e. The predicted molar refractivity (Wildman–Crippen MR) is 102 cm³/mol. The lowest BCUT2D eigenvalue weighted by Gasteiger charge is -2.23. The van der Waals surface area contributed by atoms with E-state index in [1.54, 1.807) is 0 Å². The second kappa shape index (κ2) is 6.60. The number of aromatic nitrogens is 3. The molecular formula is C21H26N4. The molecule has 0 bridgehead atoms. The van der Waals surface area contributed by atoms with E-state index in [0.717, 1.165) is 42.9 Å². The van der Waals surface area contributed by atoms with Crippen LogP contribution in [0.25, 0.3) is 11.2 Å². The molecule has 4 heteroatoms. The van der Waals surface area contributed by atoms with E-state index in [9.17, 15) is 0 Å². The van der Waals surface area contributed by atoms with E-state index in [1.165, 1.54) is 22.3 Å². The Kier molecular flexibility index (Phi) is 4.30. The summed E-state index contributed by atoms with van der Waals surface area (Å²) in [6.45, 7) is 8.74. The van der Waals surface area contributed by atoms with E-state index >= 15 is 0 Å². The van der Waals surface area contributed by atoms with Gasteiger partial charge in [0.15, 0.2) is 5.65 Å². The van der Waals surface area contributed by atoms with Crippen molar-refractivity contribution in [3.8, 4) is 0 Å². The average Bonchev–Trinajstić information content (AvgIpc) is 3.02. The van der Waals surface area contributed by atoms with Gasteiger partial charge in [0.2, 0.25) is 0 Å². The van der Waals surface area contributed by atoms with Crippen LogP contribution in [0.1, 0.15) is 60.7 Å². The predicted octanol–water partition coefficient (Wildman–Crippen LogP) is 4.07. The van der Waals surface area contributed by atoms with Gasteiger partial charge < -0.3 is 10.3 Å². The first-order chi connectivity index (χ1) is 12.1. The monoisotopic (exact) mass is 334 g/mol. The number of hydrogen-bond donors (Lipinski definition) is 2. The van der Waals surface area contributed by atoms with Crippen molar-refractivity contribution in [1.82, 2.24) is 20.3 Å². The summed E-state index contributed by atoms with van der Waals surface area (Å²) in [5.41, 5.74) is 7.54. The minimum Gasteiger partial charge on any atom is -0.341 e. The van der Waals surface area contributed by atoms with Crippen molar-refractivity contribution in [2.45, 2.75) is 52.0 Å². The fourth-order valence-electron chi connectivity index (χ4n) is 3.78. The van der Waals surface area contributed by atoms with Gasteiger partial charge in [-0.15, -0.1) is 0 Å². The van der Waals surface area contributed by atoms with Gasteiger partial charge in [-0.05, 0) is 53.1 Å². The van der Waals surface area contributed by atoms with Crippen LogP contribution in [0.4, 0.5) is 0 Å². The molecule has 0 saturated carbocycles. The Labute approximate surface area is 149 Å². The number of imidazole rings is 1. The molecule has 0 spiro atoms. The van der Waals surface area contributed by atoms with E-state index in [1.807, 2.05) is 6.20 Å². The lowest BCUT2D eigenvalue weighted by atomic mass is 9.88. The molecule has 0 amide bonds. The summed E-state index contributed by atoms with van der Waals surface area (Å²) in [4.78, 5) is 12.7. The zero-order chi connectivity index (χ0) is 17.4. The minimum atomic E-state index is 0.431. The van der Waals surface area contributed by atoms with Gasteiger partial charge in [0.25, 0.3) is 0 Å². The highest BCUT2D eigenvalue weighted by Gasteiger charge is 2.18. The molecule has 2 N–H and O–H groups in total. The second-order valence-corrected chi connectivity index (χ2v) is 7.49. The van der Waals surface area contributed by atoms with Crippen LogP contribution in [-0.4, -0.2) is 21.5 Å². The van der Waals surface area contributed by atoms with Crippen LogP contribution < -0.4 is 5.32 Å². The number of rotatable bonds is 4. The Morgan fingerprint density at radius 1 is 1.20 bits per heavy atom. The highest BCUT2D eigenvalue weighted by Crippen LogP contribution is 2.28. The van der Waals surface area contributed by atoms with Crippen LogP contribution in [-0.2, 0) is 19.4 Å². The first kappa shape index (κ1) is 16.3. The van der Waals surface area contributed by atoms with Gasteiger partial charge in [0, 0.05) is 19.2 Å². The van der Waals surface area contributed by atoms with Crippen molar-refractivity contribution in [3.05, 3.63) is 58.5 Å². The molecule has 1 aliphatic rings. The number of nitrogens with one attached hydrogen (secondary N) is 2. The molecule has 3 heterocycles. The molecule has 4 rings (SSSR count). The number of nitrogens with zero attached hydrogens (tertiary/aromatic N) is 2. The van der Waals surface area contributed by atoms with Crippen LogP contribution in [0, 0.1) is 0 Å². The third kappa shape index (κ3) is 3.19. The first-order valence-corrected chi connectivity index (χ1v) is 9.27. The first-order valence-electron chi connectivity index (χ1n) is 9.27. The van der Waals surface area contributed by atoms with Crippen molar-refractivity contribution in [1.29, 1.82) is 0 Å². The number of pyridine rings is 1. The van der Waals surface area contributed by atoms with Gasteiger partial charge >= 0.3 is 0 Å². The number of benzene rings is 1. The second-order valence-electron chi connectivity index (χ2n) is 7.49. The molecule has 0 saturated heterocycles. The fraction of sp³-hybridized carbons (Fsp3) is 0.429. The molecule has 0 radical (unpaired) electrons. The third-order valence-corrected chi connectivity index (χ3v) is 5.29. The third-order valence-electron chi connectivity index (χ3n) is 5.29. The highest BCUT2D eigenvalue weighted by atomic mass is 15.0. The maximum Gasteiger partial charge on any atom is 0.177 e. The Morgan fingerprint density at radius 2 is 2.08 bits per heavy atom. The molecule has 25 heavy (non-hydrogen) atoms. The van der Waals surface area contributed by atoms with Gasteiger partial charge in [-0.25, -0.2) is 9.97 Å². The summed E-state index contributed by atoms with van der Waals surface area (Å²) in [5.74, 6) is 1.93. The van der Waals surface area contributed by atoms with E-state index in [-0.39, 0.29) is 0 Å². The maximum atomic E-state index is 4.71. The molecule has 4 nitrogen and oxygen atoms in total. The fourth-order valence-corrected chi connectivity index (χ4v) is 3.78. The van der Waals surface area contributed by atoms with Crippen LogP contribution in [0.3, 0.4) is 0 Å². The van der Waals surface area contributed by atoms with Crippen LogP contribution in [0.2, 0.25) is 0 Å². The van der Waals surface area contributed by atoms with E-state index in [2.05, 4.69) is 60.3 Å². The smallest absolute Gasteiger partial charge is 0.177 e. The maximum absolute atomic E-state index is 4.71. The van der Waals surface area contributed by atoms with Crippen molar-refractivity contribution in [2.24, 2.45) is 0 Å². The summed E-state index contributed by atoms with van der Waals surface area (Å²) < 4.78 is 0. The highest BCUT2D eigenvalue weighted by molar-refractivity contribution is 5.71. The molecule has 0 fully saturated rings. The molecule has 1 atom stereocenters. The van der Waals surface area contributed by atoms with E-state index < -0.39 is 0 Å². The molecule has 1 aromatic carbocycles. The van der Waals surface area contributed by atoms with Crippen molar-refractivity contribution in [2.75, 3.05) is 6.54 Å². The summed E-state index contributed by atoms with van der Waals surface area (Å²) in [5, 5.41) is 3.50. The normalized spacial score (nSPS) is 15.5. The zero-order valence-corrected chi connectivity index (χ0v) is 15.3. The van der Waals surface area contributed by atoms with Gasteiger partial charge in [-0.3, -0.25) is 0 Å². The average molecular weight is 334 g/mol. The van der Waals surface area contributed by atoms with E-state index in [4.69, 9.17) is 4.98 Å². The Hall–Kier alpha value is -2.20. The molecule has 0 aliphatic carbocycles. The number of hydrogen-bond acceptors (Lipinski definition) is 3. The Morgan fingerprint density at radius 3 is 2.92 bits per heavy atom. The van der Waals surface area contributed by atoms with Gasteiger partial charge in [0.05, 0.1) is 5.52 Å². The van der Waals surface area contributed by atoms with Gasteiger partial charge in [0.1, 0.15) is 5.82 Å². The standard InChI is InChI=1S/C21H26N4/c1-13(2)16-10-19-21(23-11-16)25-20(24-19)9-14(3)17-6-4-5-15-7-8-22-12-18(15)17/h4-6,10-11,13-14,22H,7-9,12H2,1-3H3,(H,23,24,25). The summed E-state index contributed by atoms with van der Waals surface area (Å²) in [6, 6.07) is 8.92. The molecule has 2 aromatic heterocycles. The van der Waals surface area contributed by atoms with Gasteiger partial charge in [-0.2, -0.15) is 0 Å². The lowest BCUT2D eigenvalue weighted by Crippen LogP contribution is -2.25. The Bertz CT molecular complexity index is 894. The van der Waals surface area contributed by atoms with Gasteiger partial charge in [-0.1, -0.05) is 39.0 Å². The summed E-state index contributed by atoms with van der Waals surface area (Å²) in [6.07, 6.45) is 3.98. The van der Waals surface area contributed by atoms with Crippen LogP contribution in [0.5, 0.6) is 0 Å². The Balaban J connectivity index is 1.61. The summed E-state index contributed by atoms with van der Waals surface area (Å²) in [7, 11) is 0. The number of fused-ring (bicyclic) bond motifs is 2. The molecule has 1 aliphatic heterocycles. The molecule has 130 valence electrons. The SMILES string of the molecule is CC(C)c1cnc2nc(CC(C)c3cccc4c3CNCC4)[nH]c2c1. The van der Waals surface area contributed by atoms with Crippen molar-refractivity contribution in [3.63, 3.8) is 0 Å². The molecular weight excluding hydrogens is 308 g/mol. The topological polar surface area (TPSA) is 53.6 Å².